The predicted molar refractivity (Wildman–Crippen MR) is 65.3 cm³/mol. The Hall–Kier alpha value is -1.14. The first-order chi connectivity index (χ1) is 7.66. The van der Waals surface area contributed by atoms with Gasteiger partial charge in [-0.05, 0) is 28.1 Å². The number of tetrazole rings is 1. The molecule has 2 aromatic rings. The second-order valence-electron chi connectivity index (χ2n) is 3.22. The molecule has 1 aromatic carbocycles. The van der Waals surface area contributed by atoms with Crippen LogP contribution in [0.25, 0.3) is 0 Å². The van der Waals surface area contributed by atoms with Crippen molar-refractivity contribution >= 4 is 33.5 Å². The molecule has 0 aliphatic rings. The number of halogens is 2. The van der Waals surface area contributed by atoms with E-state index >= 15 is 0 Å². The molecule has 0 saturated carbocycles. The highest BCUT2D eigenvalue weighted by atomic mass is 79.9. The number of aryl methyl sites for hydroxylation is 1. The Morgan fingerprint density at radius 2 is 2.31 bits per heavy atom. The van der Waals surface area contributed by atoms with E-state index in [1.807, 2.05) is 18.2 Å². The Morgan fingerprint density at radius 3 is 2.94 bits per heavy atom. The van der Waals surface area contributed by atoms with Crippen LogP contribution in [0.5, 0.6) is 0 Å². The molecule has 0 saturated heterocycles. The van der Waals surface area contributed by atoms with Crippen molar-refractivity contribution in [2.24, 2.45) is 7.05 Å². The average Bonchev–Trinajstić information content (AvgIpc) is 2.63. The zero-order chi connectivity index (χ0) is 11.5. The van der Waals surface area contributed by atoms with Crippen LogP contribution < -0.4 is 5.32 Å². The molecule has 0 aliphatic heterocycles. The van der Waals surface area contributed by atoms with Crippen LogP contribution in [0.3, 0.4) is 0 Å². The molecule has 0 atom stereocenters. The third-order valence-corrected chi connectivity index (χ3v) is 2.92. The number of nitrogens with zero attached hydrogens (tertiary/aromatic N) is 4. The number of aromatic nitrogens is 4. The van der Waals surface area contributed by atoms with Crippen molar-refractivity contribution in [3.8, 4) is 0 Å². The van der Waals surface area contributed by atoms with E-state index in [1.54, 1.807) is 11.7 Å². The minimum absolute atomic E-state index is 0.584. The van der Waals surface area contributed by atoms with Gasteiger partial charge in [0.25, 0.3) is 0 Å². The summed E-state index contributed by atoms with van der Waals surface area (Å²) in [5, 5.41) is 14.9. The second-order valence-corrected chi connectivity index (χ2v) is 4.54. The Balaban J connectivity index is 2.08. The van der Waals surface area contributed by atoms with Gasteiger partial charge in [0.15, 0.2) is 0 Å². The minimum Gasteiger partial charge on any atom is -0.349 e. The zero-order valence-electron chi connectivity index (χ0n) is 8.48. The van der Waals surface area contributed by atoms with E-state index in [0.717, 1.165) is 10.0 Å². The summed E-state index contributed by atoms with van der Waals surface area (Å²) >= 11 is 9.44. The molecule has 0 bridgehead atoms. The van der Waals surface area contributed by atoms with Crippen LogP contribution in [0.2, 0.25) is 5.02 Å². The summed E-state index contributed by atoms with van der Waals surface area (Å²) in [4.78, 5) is 0. The third-order valence-electron chi connectivity index (χ3n) is 2.07. The smallest absolute Gasteiger partial charge is 0.242 e. The highest BCUT2D eigenvalue weighted by Crippen LogP contribution is 2.21. The fourth-order valence-corrected chi connectivity index (χ4v) is 1.96. The summed E-state index contributed by atoms with van der Waals surface area (Å²) in [5.41, 5.74) is 0.993. The van der Waals surface area contributed by atoms with Gasteiger partial charge in [0, 0.05) is 23.1 Å². The first-order valence-electron chi connectivity index (χ1n) is 4.57. The van der Waals surface area contributed by atoms with E-state index in [1.165, 1.54) is 0 Å². The maximum absolute atomic E-state index is 6.08. The third kappa shape index (κ3) is 2.51. The molecule has 0 amide bonds. The second kappa shape index (κ2) is 4.80. The van der Waals surface area contributed by atoms with E-state index < -0.39 is 0 Å². The fraction of sp³-hybridized carbons (Fsp3) is 0.222. The Morgan fingerprint density at radius 1 is 1.50 bits per heavy atom. The van der Waals surface area contributed by atoms with Crippen LogP contribution in [0.1, 0.15) is 5.56 Å². The van der Waals surface area contributed by atoms with Gasteiger partial charge in [-0.15, -0.1) is 0 Å². The van der Waals surface area contributed by atoms with Crippen LogP contribution in [-0.4, -0.2) is 20.2 Å². The van der Waals surface area contributed by atoms with Crippen molar-refractivity contribution in [3.05, 3.63) is 33.3 Å². The van der Waals surface area contributed by atoms with Crippen molar-refractivity contribution in [1.82, 2.24) is 20.2 Å². The van der Waals surface area contributed by atoms with E-state index in [9.17, 15) is 0 Å². The Labute approximate surface area is 106 Å². The van der Waals surface area contributed by atoms with Crippen molar-refractivity contribution in [2.45, 2.75) is 6.54 Å². The van der Waals surface area contributed by atoms with Gasteiger partial charge in [-0.25, -0.2) is 4.68 Å². The largest absolute Gasteiger partial charge is 0.349 e. The Bertz CT molecular complexity index is 498. The Kier molecular flexibility index (Phi) is 3.40. The van der Waals surface area contributed by atoms with Gasteiger partial charge in [-0.1, -0.05) is 38.7 Å². The maximum atomic E-state index is 6.08. The van der Waals surface area contributed by atoms with Crippen molar-refractivity contribution < 1.29 is 0 Å². The molecular formula is C9H9BrClN5. The highest BCUT2D eigenvalue weighted by molar-refractivity contribution is 9.10. The molecule has 0 spiro atoms. The van der Waals surface area contributed by atoms with Crippen molar-refractivity contribution in [2.75, 3.05) is 5.32 Å². The van der Waals surface area contributed by atoms with Gasteiger partial charge >= 0.3 is 0 Å². The lowest BCUT2D eigenvalue weighted by Gasteiger charge is -2.06. The predicted octanol–water partition coefficient (Wildman–Crippen LogP) is 2.24. The van der Waals surface area contributed by atoms with Crippen molar-refractivity contribution in [1.29, 1.82) is 0 Å². The van der Waals surface area contributed by atoms with Gasteiger partial charge < -0.3 is 5.32 Å². The number of nitrogens with one attached hydrogen (secondary N) is 1. The molecule has 5 nitrogen and oxygen atoms in total. The molecule has 16 heavy (non-hydrogen) atoms. The van der Waals surface area contributed by atoms with Gasteiger partial charge in [0.1, 0.15) is 0 Å². The molecule has 2 rings (SSSR count). The number of anilines is 1. The zero-order valence-corrected chi connectivity index (χ0v) is 10.8. The summed E-state index contributed by atoms with van der Waals surface area (Å²) in [7, 11) is 1.77. The van der Waals surface area contributed by atoms with Gasteiger partial charge in [0.05, 0.1) is 0 Å². The average molecular weight is 303 g/mol. The van der Waals surface area contributed by atoms with Crippen LogP contribution in [0.15, 0.2) is 22.7 Å². The maximum Gasteiger partial charge on any atom is 0.242 e. The monoisotopic (exact) mass is 301 g/mol. The quantitative estimate of drug-likeness (QED) is 0.945. The highest BCUT2D eigenvalue weighted by Gasteiger charge is 2.04. The van der Waals surface area contributed by atoms with Gasteiger partial charge in [-0.2, -0.15) is 0 Å². The molecule has 0 radical (unpaired) electrons. The molecule has 84 valence electrons. The van der Waals surface area contributed by atoms with E-state index in [-0.39, 0.29) is 0 Å². The number of hydrogen-bond acceptors (Lipinski definition) is 4. The van der Waals surface area contributed by atoms with Gasteiger partial charge in [-0.3, -0.25) is 0 Å². The first-order valence-corrected chi connectivity index (χ1v) is 5.74. The van der Waals surface area contributed by atoms with Crippen LogP contribution in [0.4, 0.5) is 5.95 Å². The normalized spacial score (nSPS) is 10.4. The lowest BCUT2D eigenvalue weighted by molar-refractivity contribution is 0.712. The molecule has 0 fully saturated rings. The van der Waals surface area contributed by atoms with E-state index in [4.69, 9.17) is 11.6 Å². The summed E-state index contributed by atoms with van der Waals surface area (Å²) in [6.07, 6.45) is 0. The van der Waals surface area contributed by atoms with Crippen LogP contribution in [0, 0.1) is 0 Å². The number of rotatable bonds is 3. The molecule has 7 heteroatoms. The molecule has 0 aliphatic carbocycles. The molecular weight excluding hydrogens is 293 g/mol. The molecule has 1 N–H and O–H groups in total. The van der Waals surface area contributed by atoms with Crippen LogP contribution in [-0.2, 0) is 13.6 Å². The number of benzene rings is 1. The van der Waals surface area contributed by atoms with Crippen LogP contribution >= 0.6 is 27.5 Å². The molecule has 1 heterocycles. The summed E-state index contributed by atoms with van der Waals surface area (Å²) in [6.45, 7) is 0.584. The first kappa shape index (κ1) is 11.3. The molecule has 1 aromatic heterocycles. The summed E-state index contributed by atoms with van der Waals surface area (Å²) in [5.74, 6) is 0.610. The SMILES string of the molecule is Cn1nnnc1NCc1ccc(Br)cc1Cl. The van der Waals surface area contributed by atoms with E-state index in [0.29, 0.717) is 17.5 Å². The lowest BCUT2D eigenvalue weighted by atomic mass is 10.2. The van der Waals surface area contributed by atoms with E-state index in [2.05, 4.69) is 36.8 Å². The topological polar surface area (TPSA) is 55.6 Å². The lowest BCUT2D eigenvalue weighted by Crippen LogP contribution is -2.06. The van der Waals surface area contributed by atoms with Crippen molar-refractivity contribution in [3.63, 3.8) is 0 Å². The van der Waals surface area contributed by atoms with Gasteiger partial charge in [0.2, 0.25) is 5.95 Å². The standard InChI is InChI=1S/C9H9BrClN5/c1-16-9(13-14-15-16)12-5-6-2-3-7(10)4-8(6)11/h2-4H,5H2,1H3,(H,12,13,15). The molecule has 0 unspecified atom stereocenters. The number of hydrogen-bond donors (Lipinski definition) is 1. The summed E-state index contributed by atoms with van der Waals surface area (Å²) in [6, 6.07) is 5.74. The minimum atomic E-state index is 0.584. The summed E-state index contributed by atoms with van der Waals surface area (Å²) < 4.78 is 2.52. The fourth-order valence-electron chi connectivity index (χ4n) is 1.22.